The first kappa shape index (κ1) is 31.5. The predicted octanol–water partition coefficient (Wildman–Crippen LogP) is 7.88. The molecular formula is C31H42ClNO5. The van der Waals surface area contributed by atoms with Crippen molar-refractivity contribution >= 4 is 29.6 Å². The number of hydrogen-bond acceptors (Lipinski definition) is 6. The van der Waals surface area contributed by atoms with Crippen molar-refractivity contribution in [3.8, 4) is 0 Å². The number of halogens is 1. The molecule has 7 heteroatoms. The minimum atomic E-state index is -1.01. The number of carbonyl (C=O) groups excluding carboxylic acids is 2. The molecule has 208 valence electrons. The fourth-order valence-electron chi connectivity index (χ4n) is 3.93. The van der Waals surface area contributed by atoms with Crippen LogP contribution in [0.2, 0.25) is 5.02 Å². The van der Waals surface area contributed by atoms with Crippen LogP contribution in [0.25, 0.3) is 6.08 Å². The summed E-state index contributed by atoms with van der Waals surface area (Å²) in [6.45, 7) is 6.08. The summed E-state index contributed by atoms with van der Waals surface area (Å²) >= 11 is 6.12. The third-order valence-corrected chi connectivity index (χ3v) is 6.31. The first-order valence-electron chi connectivity index (χ1n) is 13.7. The van der Waals surface area contributed by atoms with Gasteiger partial charge in [-0.25, -0.2) is 4.79 Å². The summed E-state index contributed by atoms with van der Waals surface area (Å²) in [7, 11) is 0. The molecule has 38 heavy (non-hydrogen) atoms. The van der Waals surface area contributed by atoms with Crippen LogP contribution in [0.15, 0.2) is 54.6 Å². The Hall–Kier alpha value is -2.67. The average molecular weight is 544 g/mol. The Morgan fingerprint density at radius 2 is 1.71 bits per heavy atom. The lowest BCUT2D eigenvalue weighted by molar-refractivity contribution is -0.404. The number of benzene rings is 2. The summed E-state index contributed by atoms with van der Waals surface area (Å²) in [6, 6.07) is 15.8. The number of hydrogen-bond donors (Lipinski definition) is 0. The summed E-state index contributed by atoms with van der Waals surface area (Å²) in [5.41, 5.74) is 3.19. The zero-order chi connectivity index (χ0) is 27.6. The fraction of sp³-hybridized carbons (Fsp3) is 0.484. The molecule has 0 amide bonds. The van der Waals surface area contributed by atoms with E-state index in [1.807, 2.05) is 36.4 Å². The van der Waals surface area contributed by atoms with Crippen molar-refractivity contribution in [3.63, 3.8) is 0 Å². The van der Waals surface area contributed by atoms with Crippen molar-refractivity contribution in [2.24, 2.45) is 0 Å². The second-order valence-electron chi connectivity index (χ2n) is 9.43. The summed E-state index contributed by atoms with van der Waals surface area (Å²) in [6.07, 6.45) is 13.2. The molecule has 0 aromatic heterocycles. The van der Waals surface area contributed by atoms with Crippen LogP contribution in [-0.4, -0.2) is 29.7 Å². The largest absolute Gasteiger partial charge is 0.450 e. The van der Waals surface area contributed by atoms with E-state index in [-0.39, 0.29) is 6.42 Å². The van der Waals surface area contributed by atoms with Gasteiger partial charge in [0.1, 0.15) is 0 Å². The second-order valence-corrected chi connectivity index (χ2v) is 9.86. The maximum absolute atomic E-state index is 12.4. The van der Waals surface area contributed by atoms with E-state index >= 15 is 0 Å². The predicted molar refractivity (Wildman–Crippen MR) is 152 cm³/mol. The van der Waals surface area contributed by atoms with E-state index in [1.165, 1.54) is 45.4 Å². The summed E-state index contributed by atoms with van der Waals surface area (Å²) < 4.78 is 5.00. The molecule has 1 unspecified atom stereocenters. The third-order valence-electron chi connectivity index (χ3n) is 6.08. The molecule has 0 bridgehead atoms. The molecule has 0 aliphatic heterocycles. The minimum absolute atomic E-state index is 0.290. The van der Waals surface area contributed by atoms with Crippen molar-refractivity contribution < 1.29 is 24.2 Å². The highest BCUT2D eigenvalue weighted by molar-refractivity contribution is 6.30. The molecule has 0 radical (unpaired) electrons. The molecule has 0 spiro atoms. The highest BCUT2D eigenvalue weighted by atomic mass is 35.5. The van der Waals surface area contributed by atoms with Crippen molar-refractivity contribution in [3.05, 3.63) is 76.3 Å². The van der Waals surface area contributed by atoms with Gasteiger partial charge in [0.25, 0.3) is 0 Å². The van der Waals surface area contributed by atoms with Crippen LogP contribution in [0.1, 0.15) is 88.8 Å². The quantitative estimate of drug-likeness (QED) is 0.0824. The zero-order valence-corrected chi connectivity index (χ0v) is 23.8. The van der Waals surface area contributed by atoms with E-state index in [9.17, 15) is 9.59 Å². The Balaban J connectivity index is 1.93. The summed E-state index contributed by atoms with van der Waals surface area (Å²) in [5.74, 6) is -1.30. The summed E-state index contributed by atoms with van der Waals surface area (Å²) in [5, 5.41) is 2.23. The zero-order valence-electron chi connectivity index (χ0n) is 23.0. The Kier molecular flexibility index (Phi) is 15.4. The van der Waals surface area contributed by atoms with Crippen LogP contribution in [0.4, 0.5) is 0 Å². The first-order valence-corrected chi connectivity index (χ1v) is 14.1. The second kappa shape index (κ2) is 18.6. The monoisotopic (exact) mass is 543 g/mol. The van der Waals surface area contributed by atoms with Gasteiger partial charge >= 0.3 is 11.9 Å². The molecule has 0 N–H and O–H groups in total. The van der Waals surface area contributed by atoms with Crippen LogP contribution < -0.4 is 0 Å². The van der Waals surface area contributed by atoms with Gasteiger partial charge in [-0.1, -0.05) is 111 Å². The van der Waals surface area contributed by atoms with Crippen molar-refractivity contribution in [2.45, 2.75) is 91.2 Å². The molecule has 2 aromatic rings. The maximum atomic E-state index is 12.4. The molecule has 0 aliphatic carbocycles. The lowest BCUT2D eigenvalue weighted by Gasteiger charge is -2.21. The number of rotatable bonds is 18. The van der Waals surface area contributed by atoms with E-state index < -0.39 is 18.0 Å². The van der Waals surface area contributed by atoms with Gasteiger partial charge < -0.3 is 4.74 Å². The normalized spacial score (nSPS) is 12.1. The molecule has 0 heterocycles. The number of nitrogens with zero attached hydrogens (tertiary/aromatic N) is 1. The smallest absolute Gasteiger partial charge is 0.384 e. The Labute approximate surface area is 232 Å². The highest BCUT2D eigenvalue weighted by Gasteiger charge is 2.23. The van der Waals surface area contributed by atoms with Crippen LogP contribution in [0, 0.1) is 0 Å². The lowest BCUT2D eigenvalue weighted by atomic mass is 10.1. The fourth-order valence-corrected chi connectivity index (χ4v) is 4.14. The topological polar surface area (TPSA) is 65.1 Å². The SMILES string of the molecule is CCCCCCCCC=Cc1ccc(CN(CCc2cccc(Cl)c2)OOC(=O)C(CC)OC(C)=O)cc1. The molecule has 2 rings (SSSR count). The molecular weight excluding hydrogens is 502 g/mol. The Morgan fingerprint density at radius 1 is 0.974 bits per heavy atom. The number of carbonyl (C=O) groups is 2. The van der Waals surface area contributed by atoms with Gasteiger partial charge in [-0.2, -0.15) is 0 Å². The van der Waals surface area contributed by atoms with Gasteiger partial charge in [0, 0.05) is 18.5 Å². The van der Waals surface area contributed by atoms with Crippen LogP contribution in [0.5, 0.6) is 0 Å². The average Bonchev–Trinajstić information content (AvgIpc) is 2.91. The van der Waals surface area contributed by atoms with Crippen LogP contribution >= 0.6 is 11.6 Å². The maximum Gasteiger partial charge on any atom is 0.384 e. The van der Waals surface area contributed by atoms with E-state index in [0.29, 0.717) is 24.5 Å². The van der Waals surface area contributed by atoms with Gasteiger partial charge in [-0.3, -0.25) is 9.68 Å². The summed E-state index contributed by atoms with van der Waals surface area (Å²) in [4.78, 5) is 34.1. The highest BCUT2D eigenvalue weighted by Crippen LogP contribution is 2.15. The van der Waals surface area contributed by atoms with Crippen molar-refractivity contribution in [1.82, 2.24) is 5.06 Å². The molecule has 0 aliphatic rings. The Bertz CT molecular complexity index is 992. The lowest BCUT2D eigenvalue weighted by Crippen LogP contribution is -2.32. The minimum Gasteiger partial charge on any atom is -0.450 e. The molecule has 6 nitrogen and oxygen atoms in total. The third kappa shape index (κ3) is 13.2. The van der Waals surface area contributed by atoms with E-state index in [2.05, 4.69) is 31.2 Å². The standard InChI is InChI=1S/C31H42ClNO5/c1-4-6-7-8-9-10-11-12-14-26-17-19-28(20-18-26)24-33(22-21-27-15-13-16-29(32)23-27)38-37-31(35)30(5-2)36-25(3)34/h12-20,23,30H,4-11,21-22,24H2,1-3H3. The first-order chi connectivity index (χ1) is 18.4. The van der Waals surface area contributed by atoms with Crippen molar-refractivity contribution in [1.29, 1.82) is 0 Å². The Morgan fingerprint density at radius 3 is 2.39 bits per heavy atom. The van der Waals surface area contributed by atoms with Gasteiger partial charge in [0.15, 0.2) is 0 Å². The molecule has 2 aromatic carbocycles. The number of ether oxygens (including phenoxy) is 1. The van der Waals surface area contributed by atoms with E-state index in [0.717, 1.165) is 23.1 Å². The molecule has 0 saturated heterocycles. The van der Waals surface area contributed by atoms with Gasteiger partial charge in [-0.05, 0) is 54.5 Å². The van der Waals surface area contributed by atoms with Gasteiger partial charge in [0.05, 0.1) is 6.54 Å². The van der Waals surface area contributed by atoms with E-state index in [1.54, 1.807) is 12.0 Å². The molecule has 1 atom stereocenters. The van der Waals surface area contributed by atoms with Crippen LogP contribution in [-0.2, 0) is 37.2 Å². The number of esters is 1. The number of allylic oxidation sites excluding steroid dienone is 1. The van der Waals surface area contributed by atoms with Gasteiger partial charge in [-0.15, -0.1) is 5.06 Å². The molecule has 0 fully saturated rings. The van der Waals surface area contributed by atoms with Crippen molar-refractivity contribution in [2.75, 3.05) is 6.54 Å². The van der Waals surface area contributed by atoms with Crippen LogP contribution in [0.3, 0.4) is 0 Å². The van der Waals surface area contributed by atoms with Gasteiger partial charge in [0.2, 0.25) is 6.10 Å². The van der Waals surface area contributed by atoms with E-state index in [4.69, 9.17) is 26.2 Å². The number of hydroxylamine groups is 2. The number of unbranched alkanes of at least 4 members (excludes halogenated alkanes) is 6. The molecule has 0 saturated carbocycles.